The molecule has 31 heavy (non-hydrogen) atoms. The van der Waals surface area contributed by atoms with Crippen LogP contribution in [0.1, 0.15) is 49.8 Å². The molecule has 1 heterocycles. The molecule has 2 aromatic carbocycles. The standard InChI is InChI=1S/C23H25F3N2O3/c1-2-5-20(16-6-3-7-17(14-16)23(24,25)26)27-21(29)15-31-19-11-9-18(10-12-19)28-13-4-8-22(28)30/h3,6-7,9-12,14,20H,2,4-5,8,13,15H2,1H3,(H,27,29). The van der Waals surface area contributed by atoms with E-state index in [9.17, 15) is 22.8 Å². The van der Waals surface area contributed by atoms with Crippen LogP contribution in [-0.4, -0.2) is 25.0 Å². The van der Waals surface area contributed by atoms with Gasteiger partial charge in [-0.3, -0.25) is 9.59 Å². The van der Waals surface area contributed by atoms with Gasteiger partial charge in [0.25, 0.3) is 5.91 Å². The van der Waals surface area contributed by atoms with E-state index >= 15 is 0 Å². The highest BCUT2D eigenvalue weighted by atomic mass is 19.4. The third kappa shape index (κ3) is 5.99. The monoisotopic (exact) mass is 434 g/mol. The van der Waals surface area contributed by atoms with Crippen LogP contribution in [0.4, 0.5) is 18.9 Å². The van der Waals surface area contributed by atoms with E-state index in [2.05, 4.69) is 5.32 Å². The highest BCUT2D eigenvalue weighted by Crippen LogP contribution is 2.31. The first-order valence-electron chi connectivity index (χ1n) is 10.3. The van der Waals surface area contributed by atoms with Crippen LogP contribution in [0.25, 0.3) is 0 Å². The zero-order chi connectivity index (χ0) is 22.4. The minimum atomic E-state index is -4.44. The number of amides is 2. The quantitative estimate of drug-likeness (QED) is 0.645. The molecule has 1 aliphatic heterocycles. The van der Waals surface area contributed by atoms with Crippen LogP contribution in [0, 0.1) is 0 Å². The van der Waals surface area contributed by atoms with Gasteiger partial charge >= 0.3 is 6.18 Å². The van der Waals surface area contributed by atoms with Crippen LogP contribution in [0.3, 0.4) is 0 Å². The summed E-state index contributed by atoms with van der Waals surface area (Å²) in [6.07, 6.45) is -1.86. The number of carbonyl (C=O) groups excluding carboxylic acids is 2. The largest absolute Gasteiger partial charge is 0.484 e. The molecule has 0 spiro atoms. The van der Waals surface area contributed by atoms with Crippen molar-refractivity contribution in [3.63, 3.8) is 0 Å². The van der Waals surface area contributed by atoms with Gasteiger partial charge in [-0.1, -0.05) is 25.5 Å². The predicted octanol–water partition coefficient (Wildman–Crippen LogP) is 4.87. The van der Waals surface area contributed by atoms with Gasteiger partial charge in [0.05, 0.1) is 11.6 Å². The molecule has 0 saturated carbocycles. The van der Waals surface area contributed by atoms with E-state index in [1.807, 2.05) is 6.92 Å². The minimum absolute atomic E-state index is 0.0876. The number of hydrogen-bond donors (Lipinski definition) is 1. The summed E-state index contributed by atoms with van der Waals surface area (Å²) in [5.74, 6) is 0.135. The summed E-state index contributed by atoms with van der Waals surface area (Å²) in [6, 6.07) is 11.4. The maximum absolute atomic E-state index is 13.0. The molecule has 0 aliphatic carbocycles. The molecule has 5 nitrogen and oxygen atoms in total. The lowest BCUT2D eigenvalue weighted by Crippen LogP contribution is -2.32. The molecule has 166 valence electrons. The maximum atomic E-state index is 13.0. The van der Waals surface area contributed by atoms with Gasteiger partial charge < -0.3 is 15.0 Å². The molecular formula is C23H25F3N2O3. The Bertz CT molecular complexity index is 913. The van der Waals surface area contributed by atoms with Gasteiger partial charge in [-0.25, -0.2) is 0 Å². The number of carbonyl (C=O) groups is 2. The molecule has 1 fully saturated rings. The molecule has 1 aliphatic rings. The Balaban J connectivity index is 1.59. The van der Waals surface area contributed by atoms with E-state index in [0.717, 1.165) is 24.2 Å². The number of halogens is 3. The number of anilines is 1. The molecule has 2 aromatic rings. The van der Waals surface area contributed by atoms with Crippen molar-refractivity contribution < 1.29 is 27.5 Å². The SMILES string of the molecule is CCCC(NC(=O)COc1ccc(N2CCCC2=O)cc1)c1cccc(C(F)(F)F)c1. The van der Waals surface area contributed by atoms with Gasteiger partial charge in [0, 0.05) is 18.7 Å². The molecule has 1 unspecified atom stereocenters. The number of hydrogen-bond acceptors (Lipinski definition) is 3. The Morgan fingerprint density at radius 2 is 1.94 bits per heavy atom. The zero-order valence-electron chi connectivity index (χ0n) is 17.2. The molecule has 0 bridgehead atoms. The summed E-state index contributed by atoms with van der Waals surface area (Å²) < 4.78 is 44.5. The number of rotatable bonds is 8. The summed E-state index contributed by atoms with van der Waals surface area (Å²) in [4.78, 5) is 25.9. The lowest BCUT2D eigenvalue weighted by molar-refractivity contribution is -0.137. The van der Waals surface area contributed by atoms with Gasteiger partial charge in [-0.2, -0.15) is 13.2 Å². The molecule has 2 amide bonds. The Morgan fingerprint density at radius 1 is 1.19 bits per heavy atom. The van der Waals surface area contributed by atoms with Crippen molar-refractivity contribution in [2.45, 2.75) is 44.8 Å². The number of benzene rings is 2. The van der Waals surface area contributed by atoms with E-state index in [1.54, 1.807) is 35.2 Å². The molecule has 1 atom stereocenters. The highest BCUT2D eigenvalue weighted by molar-refractivity contribution is 5.95. The lowest BCUT2D eigenvalue weighted by Gasteiger charge is -2.20. The molecule has 1 saturated heterocycles. The maximum Gasteiger partial charge on any atom is 0.416 e. The van der Waals surface area contributed by atoms with E-state index in [-0.39, 0.29) is 12.5 Å². The Kier molecular flexibility index (Phi) is 7.20. The molecular weight excluding hydrogens is 409 g/mol. The van der Waals surface area contributed by atoms with Gasteiger partial charge in [0.15, 0.2) is 6.61 Å². The molecule has 3 rings (SSSR count). The fourth-order valence-electron chi connectivity index (χ4n) is 3.57. The van der Waals surface area contributed by atoms with Crippen molar-refractivity contribution in [3.05, 3.63) is 59.7 Å². The van der Waals surface area contributed by atoms with Gasteiger partial charge in [0.1, 0.15) is 5.75 Å². The van der Waals surface area contributed by atoms with Crippen LogP contribution in [0.2, 0.25) is 0 Å². The second-order valence-corrected chi connectivity index (χ2v) is 7.46. The van der Waals surface area contributed by atoms with Gasteiger partial charge in [-0.05, 0) is 54.8 Å². The van der Waals surface area contributed by atoms with Crippen LogP contribution in [0.5, 0.6) is 5.75 Å². The van der Waals surface area contributed by atoms with Gasteiger partial charge in [0.2, 0.25) is 5.91 Å². The fourth-order valence-corrected chi connectivity index (χ4v) is 3.57. The fraction of sp³-hybridized carbons (Fsp3) is 0.391. The Labute approximate surface area is 179 Å². The van der Waals surface area contributed by atoms with Crippen LogP contribution < -0.4 is 15.0 Å². The first kappa shape index (κ1) is 22.7. The van der Waals surface area contributed by atoms with Crippen LogP contribution in [0.15, 0.2) is 48.5 Å². The van der Waals surface area contributed by atoms with Crippen molar-refractivity contribution >= 4 is 17.5 Å². The van der Waals surface area contributed by atoms with Crippen molar-refractivity contribution in [2.75, 3.05) is 18.1 Å². The summed E-state index contributed by atoms with van der Waals surface area (Å²) in [5.41, 5.74) is 0.449. The van der Waals surface area contributed by atoms with Crippen LogP contribution in [-0.2, 0) is 15.8 Å². The summed E-state index contributed by atoms with van der Waals surface area (Å²) in [7, 11) is 0. The van der Waals surface area contributed by atoms with Crippen LogP contribution >= 0.6 is 0 Å². The summed E-state index contributed by atoms with van der Waals surface area (Å²) >= 11 is 0. The average molecular weight is 434 g/mol. The number of nitrogens with zero attached hydrogens (tertiary/aromatic N) is 1. The Morgan fingerprint density at radius 3 is 2.55 bits per heavy atom. The van der Waals surface area contributed by atoms with E-state index in [1.165, 1.54) is 6.07 Å². The number of nitrogens with one attached hydrogen (secondary N) is 1. The van der Waals surface area contributed by atoms with E-state index in [4.69, 9.17) is 4.74 Å². The predicted molar refractivity (Wildman–Crippen MR) is 111 cm³/mol. The highest BCUT2D eigenvalue weighted by Gasteiger charge is 2.31. The first-order valence-corrected chi connectivity index (χ1v) is 10.3. The lowest BCUT2D eigenvalue weighted by atomic mass is 10.00. The normalized spacial score (nSPS) is 15.1. The molecule has 0 aromatic heterocycles. The second kappa shape index (κ2) is 9.85. The summed E-state index contributed by atoms with van der Waals surface area (Å²) in [5, 5.41) is 2.76. The second-order valence-electron chi connectivity index (χ2n) is 7.46. The van der Waals surface area contributed by atoms with Crippen molar-refractivity contribution in [1.29, 1.82) is 0 Å². The molecule has 8 heteroatoms. The Hall–Kier alpha value is -3.03. The average Bonchev–Trinajstić information content (AvgIpc) is 3.18. The van der Waals surface area contributed by atoms with E-state index in [0.29, 0.717) is 37.1 Å². The van der Waals surface area contributed by atoms with E-state index < -0.39 is 23.7 Å². The summed E-state index contributed by atoms with van der Waals surface area (Å²) in [6.45, 7) is 2.33. The molecule has 1 N–H and O–H groups in total. The third-order valence-corrected chi connectivity index (χ3v) is 5.12. The van der Waals surface area contributed by atoms with Crippen molar-refractivity contribution in [2.24, 2.45) is 0 Å². The topological polar surface area (TPSA) is 58.6 Å². The van der Waals surface area contributed by atoms with Crippen molar-refractivity contribution in [1.82, 2.24) is 5.32 Å². The minimum Gasteiger partial charge on any atom is -0.484 e. The first-order chi connectivity index (χ1) is 14.8. The number of ether oxygens (including phenoxy) is 1. The molecule has 0 radical (unpaired) electrons. The third-order valence-electron chi connectivity index (χ3n) is 5.12. The number of alkyl halides is 3. The van der Waals surface area contributed by atoms with Gasteiger partial charge in [-0.15, -0.1) is 0 Å². The van der Waals surface area contributed by atoms with Crippen molar-refractivity contribution in [3.8, 4) is 5.75 Å². The smallest absolute Gasteiger partial charge is 0.416 e. The zero-order valence-corrected chi connectivity index (χ0v) is 17.2.